The fourth-order valence-electron chi connectivity index (χ4n) is 0.356. The van der Waals surface area contributed by atoms with Crippen molar-refractivity contribution in [1.82, 2.24) is 5.32 Å². The molecule has 0 aliphatic carbocycles. The van der Waals surface area contributed by atoms with E-state index in [1.165, 1.54) is 12.2 Å². The van der Waals surface area contributed by atoms with Gasteiger partial charge in [0, 0.05) is 25.2 Å². The zero-order valence-corrected chi connectivity index (χ0v) is 6.04. The molecule has 5 nitrogen and oxygen atoms in total. The number of rotatable bonds is 1. The summed E-state index contributed by atoms with van der Waals surface area (Å²) >= 11 is 0. The molecule has 0 aromatic heterocycles. The Bertz CT molecular complexity index is 159. The molecule has 0 aromatic carbocycles. The first-order chi connectivity index (χ1) is 5.20. The number of hydrogen-bond donors (Lipinski definition) is 3. The molecule has 11 heavy (non-hydrogen) atoms. The number of amides is 2. The molecule has 0 aromatic rings. The molecule has 5 N–H and O–H groups in total. The standard InChI is InChI=1S/C4H3NO2.C2H8N2/c6-3-1-2-4(7)5-3;3-1-2-4/h1-2H,(H,5,6,7);1-4H2. The fourth-order valence-corrected chi connectivity index (χ4v) is 0.356. The Balaban J connectivity index is 0.000000218. The van der Waals surface area contributed by atoms with Gasteiger partial charge in [-0.2, -0.15) is 0 Å². The zero-order chi connectivity index (χ0) is 8.69. The second kappa shape index (κ2) is 5.57. The summed E-state index contributed by atoms with van der Waals surface area (Å²) in [5, 5.41) is 2.03. The van der Waals surface area contributed by atoms with Gasteiger partial charge < -0.3 is 11.5 Å². The molecule has 0 fully saturated rings. The minimum absolute atomic E-state index is 0.329. The second-order valence-corrected chi connectivity index (χ2v) is 1.76. The minimum atomic E-state index is -0.329. The maximum atomic E-state index is 10.0. The van der Waals surface area contributed by atoms with Crippen molar-refractivity contribution in [2.75, 3.05) is 13.1 Å². The smallest absolute Gasteiger partial charge is 0.250 e. The minimum Gasteiger partial charge on any atom is -0.329 e. The number of nitrogens with two attached hydrogens (primary N) is 2. The molecule has 0 bridgehead atoms. The van der Waals surface area contributed by atoms with E-state index >= 15 is 0 Å². The van der Waals surface area contributed by atoms with Crippen molar-refractivity contribution in [3.05, 3.63) is 12.2 Å². The molecule has 5 heteroatoms. The lowest BCUT2D eigenvalue weighted by atomic mass is 10.6. The summed E-state index contributed by atoms with van der Waals surface area (Å²) < 4.78 is 0. The second-order valence-electron chi connectivity index (χ2n) is 1.76. The van der Waals surface area contributed by atoms with Crippen LogP contribution in [0.2, 0.25) is 0 Å². The lowest BCUT2D eigenvalue weighted by Gasteiger charge is -1.80. The molecular weight excluding hydrogens is 146 g/mol. The Morgan fingerprint density at radius 3 is 1.55 bits per heavy atom. The number of hydrogen-bond acceptors (Lipinski definition) is 4. The van der Waals surface area contributed by atoms with Crippen molar-refractivity contribution < 1.29 is 9.59 Å². The molecule has 1 aliphatic rings. The molecule has 62 valence electrons. The normalized spacial score (nSPS) is 14.0. The van der Waals surface area contributed by atoms with Gasteiger partial charge in [0.2, 0.25) is 0 Å². The average Bonchev–Trinajstić information content (AvgIpc) is 2.35. The van der Waals surface area contributed by atoms with E-state index in [1.54, 1.807) is 0 Å². The molecule has 0 saturated heterocycles. The van der Waals surface area contributed by atoms with Gasteiger partial charge in [0.15, 0.2) is 0 Å². The van der Waals surface area contributed by atoms with Gasteiger partial charge in [-0.15, -0.1) is 0 Å². The van der Waals surface area contributed by atoms with Crippen LogP contribution in [-0.4, -0.2) is 24.9 Å². The highest BCUT2D eigenvalue weighted by Gasteiger charge is 2.06. The van der Waals surface area contributed by atoms with Crippen molar-refractivity contribution >= 4 is 11.8 Å². The van der Waals surface area contributed by atoms with E-state index in [-0.39, 0.29) is 11.8 Å². The first kappa shape index (κ1) is 9.80. The van der Waals surface area contributed by atoms with Gasteiger partial charge in [-0.05, 0) is 0 Å². The van der Waals surface area contributed by atoms with Gasteiger partial charge in [0.1, 0.15) is 0 Å². The maximum Gasteiger partial charge on any atom is 0.250 e. The third-order valence-corrected chi connectivity index (χ3v) is 0.799. The van der Waals surface area contributed by atoms with Gasteiger partial charge in [-0.3, -0.25) is 14.9 Å². The molecule has 0 atom stereocenters. The third-order valence-electron chi connectivity index (χ3n) is 0.799. The van der Waals surface area contributed by atoms with Crippen LogP contribution in [0.4, 0.5) is 0 Å². The first-order valence-electron chi connectivity index (χ1n) is 3.14. The van der Waals surface area contributed by atoms with Crippen molar-refractivity contribution in [2.24, 2.45) is 11.5 Å². The van der Waals surface area contributed by atoms with Crippen LogP contribution in [0.25, 0.3) is 0 Å². The van der Waals surface area contributed by atoms with Crippen LogP contribution in [0, 0.1) is 0 Å². The lowest BCUT2D eigenvalue weighted by molar-refractivity contribution is -0.123. The molecule has 1 aliphatic heterocycles. The van der Waals surface area contributed by atoms with E-state index in [1.807, 2.05) is 5.32 Å². The summed E-state index contributed by atoms with van der Waals surface area (Å²) in [4.78, 5) is 20.1. The Labute approximate surface area is 64.4 Å². The van der Waals surface area contributed by atoms with Crippen LogP contribution < -0.4 is 16.8 Å². The van der Waals surface area contributed by atoms with Crippen LogP contribution in [0.1, 0.15) is 0 Å². The van der Waals surface area contributed by atoms with E-state index < -0.39 is 0 Å². The molecule has 0 unspecified atom stereocenters. The number of nitrogens with one attached hydrogen (secondary N) is 1. The third kappa shape index (κ3) is 5.25. The van der Waals surface area contributed by atoms with Crippen molar-refractivity contribution in [2.45, 2.75) is 0 Å². The lowest BCUT2D eigenvalue weighted by Crippen LogP contribution is -2.19. The Hall–Kier alpha value is -1.20. The quantitative estimate of drug-likeness (QED) is 0.387. The Morgan fingerprint density at radius 2 is 1.45 bits per heavy atom. The Kier molecular flexibility index (Phi) is 4.97. The highest BCUT2D eigenvalue weighted by Crippen LogP contribution is 1.82. The highest BCUT2D eigenvalue weighted by molar-refractivity contribution is 6.12. The number of carbonyl (C=O) groups excluding carboxylic acids is 2. The van der Waals surface area contributed by atoms with Crippen molar-refractivity contribution in [3.8, 4) is 0 Å². The van der Waals surface area contributed by atoms with Gasteiger partial charge in [0.25, 0.3) is 11.8 Å². The first-order valence-corrected chi connectivity index (χ1v) is 3.14. The zero-order valence-electron chi connectivity index (χ0n) is 6.04. The van der Waals surface area contributed by atoms with Gasteiger partial charge in [-0.1, -0.05) is 0 Å². The summed E-state index contributed by atoms with van der Waals surface area (Å²) in [5.74, 6) is -0.657. The van der Waals surface area contributed by atoms with Crippen LogP contribution in [0.3, 0.4) is 0 Å². The van der Waals surface area contributed by atoms with Crippen molar-refractivity contribution in [3.63, 3.8) is 0 Å². The fraction of sp³-hybridized carbons (Fsp3) is 0.333. The predicted octanol–water partition coefficient (Wildman–Crippen LogP) is -1.90. The van der Waals surface area contributed by atoms with Crippen LogP contribution in [-0.2, 0) is 9.59 Å². The molecule has 1 heterocycles. The summed E-state index contributed by atoms with van der Waals surface area (Å²) in [5.41, 5.74) is 9.81. The Morgan fingerprint density at radius 1 is 1.09 bits per heavy atom. The summed E-state index contributed by atoms with van der Waals surface area (Å²) in [6.07, 6.45) is 2.39. The molecular formula is C6H11N3O2. The number of carbonyl (C=O) groups is 2. The predicted molar refractivity (Wildman–Crippen MR) is 40.4 cm³/mol. The van der Waals surface area contributed by atoms with E-state index in [0.717, 1.165) is 0 Å². The summed E-state index contributed by atoms with van der Waals surface area (Å²) in [6, 6.07) is 0. The van der Waals surface area contributed by atoms with Gasteiger partial charge in [-0.25, -0.2) is 0 Å². The van der Waals surface area contributed by atoms with E-state index in [0.29, 0.717) is 13.1 Å². The molecule has 1 rings (SSSR count). The largest absolute Gasteiger partial charge is 0.329 e. The van der Waals surface area contributed by atoms with Crippen molar-refractivity contribution in [1.29, 1.82) is 0 Å². The van der Waals surface area contributed by atoms with Gasteiger partial charge >= 0.3 is 0 Å². The molecule has 0 spiro atoms. The molecule has 0 radical (unpaired) electrons. The SMILES string of the molecule is NCCN.O=C1C=CC(=O)N1. The van der Waals surface area contributed by atoms with E-state index in [2.05, 4.69) is 0 Å². The van der Waals surface area contributed by atoms with Crippen LogP contribution in [0.5, 0.6) is 0 Å². The number of imide groups is 1. The van der Waals surface area contributed by atoms with Crippen LogP contribution in [0.15, 0.2) is 12.2 Å². The summed E-state index contributed by atoms with van der Waals surface area (Å²) in [7, 11) is 0. The van der Waals surface area contributed by atoms with Crippen LogP contribution >= 0.6 is 0 Å². The van der Waals surface area contributed by atoms with E-state index in [4.69, 9.17) is 11.5 Å². The summed E-state index contributed by atoms with van der Waals surface area (Å²) in [6.45, 7) is 1.19. The monoisotopic (exact) mass is 157 g/mol. The topological polar surface area (TPSA) is 98.2 Å². The van der Waals surface area contributed by atoms with Gasteiger partial charge in [0.05, 0.1) is 0 Å². The van der Waals surface area contributed by atoms with E-state index in [9.17, 15) is 9.59 Å². The maximum absolute atomic E-state index is 10.0. The average molecular weight is 157 g/mol. The molecule has 0 saturated carbocycles. The highest BCUT2D eigenvalue weighted by atomic mass is 16.2. The molecule has 2 amide bonds.